The molecule has 0 bridgehead atoms. The summed E-state index contributed by atoms with van der Waals surface area (Å²) in [4.78, 5) is 11.6. The van der Waals surface area contributed by atoms with Crippen LogP contribution < -0.4 is 10.9 Å². The second-order valence-corrected chi connectivity index (χ2v) is 4.79. The normalized spacial score (nSPS) is 14.6. The monoisotopic (exact) mass is 289 g/mol. The van der Waals surface area contributed by atoms with Gasteiger partial charge in [0.1, 0.15) is 4.47 Å². The summed E-state index contributed by atoms with van der Waals surface area (Å²) in [7, 11) is 1.59. The molecule has 1 aromatic rings. The molecule has 6 heteroatoms. The van der Waals surface area contributed by atoms with E-state index in [9.17, 15) is 9.90 Å². The standard InChI is InChI=1S/C10H16BrN3O2/c1-4-10(2,6-15)13-7-5-12-14(3)9(16)8(7)11/h5,13,15H,4,6H2,1-3H3. The minimum Gasteiger partial charge on any atom is -0.394 e. The predicted octanol–water partition coefficient (Wildman–Crippen LogP) is 1.12. The summed E-state index contributed by atoms with van der Waals surface area (Å²) in [5.74, 6) is 0. The van der Waals surface area contributed by atoms with Gasteiger partial charge in [-0.05, 0) is 29.3 Å². The fourth-order valence-corrected chi connectivity index (χ4v) is 1.62. The largest absolute Gasteiger partial charge is 0.394 e. The van der Waals surface area contributed by atoms with Crippen LogP contribution in [-0.4, -0.2) is 27.0 Å². The summed E-state index contributed by atoms with van der Waals surface area (Å²) in [5.41, 5.74) is -0.0563. The minimum atomic E-state index is -0.448. The van der Waals surface area contributed by atoms with Gasteiger partial charge in [0, 0.05) is 7.05 Å². The van der Waals surface area contributed by atoms with Crippen LogP contribution in [0.1, 0.15) is 20.3 Å². The number of nitrogens with zero attached hydrogens (tertiary/aromatic N) is 2. The Kier molecular flexibility index (Phi) is 4.09. The zero-order valence-electron chi connectivity index (χ0n) is 9.62. The van der Waals surface area contributed by atoms with Crippen molar-refractivity contribution in [3.63, 3.8) is 0 Å². The third-order valence-electron chi connectivity index (χ3n) is 2.64. The van der Waals surface area contributed by atoms with Crippen LogP contribution in [0, 0.1) is 0 Å². The maximum atomic E-state index is 11.6. The van der Waals surface area contributed by atoms with Crippen LogP contribution in [0.3, 0.4) is 0 Å². The molecule has 1 rings (SSSR count). The smallest absolute Gasteiger partial charge is 0.282 e. The summed E-state index contributed by atoms with van der Waals surface area (Å²) in [6.07, 6.45) is 2.31. The van der Waals surface area contributed by atoms with Gasteiger partial charge in [-0.1, -0.05) is 6.92 Å². The summed E-state index contributed by atoms with van der Waals surface area (Å²) < 4.78 is 1.68. The van der Waals surface area contributed by atoms with Crippen LogP contribution in [0.5, 0.6) is 0 Å². The van der Waals surface area contributed by atoms with Crippen molar-refractivity contribution in [2.45, 2.75) is 25.8 Å². The average Bonchev–Trinajstić information content (AvgIpc) is 2.30. The molecule has 0 aliphatic carbocycles. The number of hydrogen-bond donors (Lipinski definition) is 2. The van der Waals surface area contributed by atoms with E-state index < -0.39 is 5.54 Å². The van der Waals surface area contributed by atoms with Gasteiger partial charge in [0.25, 0.3) is 5.56 Å². The number of aryl methyl sites for hydroxylation is 1. The van der Waals surface area contributed by atoms with E-state index in [1.165, 1.54) is 4.68 Å². The van der Waals surface area contributed by atoms with Crippen LogP contribution in [0.4, 0.5) is 5.69 Å². The molecule has 1 aromatic heterocycles. The summed E-state index contributed by atoms with van der Waals surface area (Å²) in [6, 6.07) is 0. The van der Waals surface area contributed by atoms with Gasteiger partial charge in [-0.25, -0.2) is 4.68 Å². The highest BCUT2D eigenvalue weighted by atomic mass is 79.9. The van der Waals surface area contributed by atoms with Crippen molar-refractivity contribution in [2.24, 2.45) is 7.05 Å². The SMILES string of the molecule is CCC(C)(CO)Nc1cnn(C)c(=O)c1Br. The van der Waals surface area contributed by atoms with Crippen molar-refractivity contribution in [2.75, 3.05) is 11.9 Å². The molecule has 1 atom stereocenters. The lowest BCUT2D eigenvalue weighted by molar-refractivity contribution is 0.219. The predicted molar refractivity (Wildman–Crippen MR) is 66.6 cm³/mol. The van der Waals surface area contributed by atoms with Gasteiger partial charge in [-0.2, -0.15) is 5.10 Å². The summed E-state index contributed by atoms with van der Waals surface area (Å²) in [5, 5.41) is 16.3. The van der Waals surface area contributed by atoms with E-state index >= 15 is 0 Å². The fourth-order valence-electron chi connectivity index (χ4n) is 1.16. The number of aliphatic hydroxyl groups excluding tert-OH is 1. The summed E-state index contributed by atoms with van der Waals surface area (Å²) >= 11 is 3.22. The minimum absolute atomic E-state index is 0.00878. The topological polar surface area (TPSA) is 67.2 Å². The van der Waals surface area contributed by atoms with E-state index in [1.54, 1.807) is 13.2 Å². The number of aliphatic hydroxyl groups is 1. The van der Waals surface area contributed by atoms with Gasteiger partial charge in [-0.3, -0.25) is 4.79 Å². The molecule has 0 saturated heterocycles. The van der Waals surface area contributed by atoms with Crippen molar-refractivity contribution in [3.05, 3.63) is 21.0 Å². The number of rotatable bonds is 4. The van der Waals surface area contributed by atoms with Gasteiger partial charge < -0.3 is 10.4 Å². The maximum absolute atomic E-state index is 11.6. The first kappa shape index (κ1) is 13.2. The first-order chi connectivity index (χ1) is 7.43. The second-order valence-electron chi connectivity index (χ2n) is 4.00. The average molecular weight is 290 g/mol. The highest BCUT2D eigenvalue weighted by molar-refractivity contribution is 9.10. The third-order valence-corrected chi connectivity index (χ3v) is 3.41. The van der Waals surface area contributed by atoms with Gasteiger partial charge in [-0.15, -0.1) is 0 Å². The van der Waals surface area contributed by atoms with Crippen molar-refractivity contribution in [1.82, 2.24) is 9.78 Å². The summed E-state index contributed by atoms with van der Waals surface area (Å²) in [6.45, 7) is 3.84. The molecular weight excluding hydrogens is 274 g/mol. The van der Waals surface area contributed by atoms with Crippen LogP contribution in [-0.2, 0) is 7.05 Å². The molecule has 16 heavy (non-hydrogen) atoms. The molecule has 0 spiro atoms. The zero-order valence-corrected chi connectivity index (χ0v) is 11.2. The molecule has 0 amide bonds. The van der Waals surface area contributed by atoms with Crippen LogP contribution in [0.15, 0.2) is 15.5 Å². The number of halogens is 1. The number of nitrogens with one attached hydrogen (secondary N) is 1. The molecular formula is C10H16BrN3O2. The molecule has 0 saturated carbocycles. The van der Waals surface area contributed by atoms with Crippen molar-refractivity contribution in [1.29, 1.82) is 0 Å². The first-order valence-electron chi connectivity index (χ1n) is 5.04. The van der Waals surface area contributed by atoms with Gasteiger partial charge >= 0.3 is 0 Å². The Hall–Kier alpha value is -0.880. The first-order valence-corrected chi connectivity index (χ1v) is 5.83. The third kappa shape index (κ3) is 2.62. The van der Waals surface area contributed by atoms with Gasteiger partial charge in [0.15, 0.2) is 0 Å². The maximum Gasteiger partial charge on any atom is 0.282 e. The molecule has 0 fully saturated rings. The molecule has 0 aliphatic heterocycles. The van der Waals surface area contributed by atoms with E-state index in [4.69, 9.17) is 0 Å². The van der Waals surface area contributed by atoms with Crippen molar-refractivity contribution < 1.29 is 5.11 Å². The Bertz CT molecular complexity index is 427. The van der Waals surface area contributed by atoms with E-state index in [-0.39, 0.29) is 12.2 Å². The Balaban J connectivity index is 3.08. The molecule has 0 radical (unpaired) electrons. The number of aromatic nitrogens is 2. The Morgan fingerprint density at radius 1 is 1.69 bits per heavy atom. The molecule has 0 aromatic carbocycles. The molecule has 0 aliphatic rings. The zero-order chi connectivity index (χ0) is 12.3. The lowest BCUT2D eigenvalue weighted by Crippen LogP contribution is -2.39. The molecule has 1 heterocycles. The van der Waals surface area contributed by atoms with Gasteiger partial charge in [0.05, 0.1) is 24.0 Å². The van der Waals surface area contributed by atoms with E-state index in [0.29, 0.717) is 10.2 Å². The quantitative estimate of drug-likeness (QED) is 0.872. The number of hydrogen-bond acceptors (Lipinski definition) is 4. The van der Waals surface area contributed by atoms with E-state index in [1.807, 2.05) is 13.8 Å². The molecule has 90 valence electrons. The van der Waals surface area contributed by atoms with Crippen molar-refractivity contribution >= 4 is 21.6 Å². The Morgan fingerprint density at radius 2 is 2.31 bits per heavy atom. The molecule has 1 unspecified atom stereocenters. The van der Waals surface area contributed by atoms with Gasteiger partial charge in [0.2, 0.25) is 0 Å². The highest BCUT2D eigenvalue weighted by Crippen LogP contribution is 2.22. The van der Waals surface area contributed by atoms with Crippen LogP contribution in [0.2, 0.25) is 0 Å². The Morgan fingerprint density at radius 3 is 2.81 bits per heavy atom. The Labute approximate surface area is 103 Å². The lowest BCUT2D eigenvalue weighted by atomic mass is 10.0. The van der Waals surface area contributed by atoms with Crippen LogP contribution in [0.25, 0.3) is 0 Å². The van der Waals surface area contributed by atoms with Crippen LogP contribution >= 0.6 is 15.9 Å². The number of anilines is 1. The molecule has 2 N–H and O–H groups in total. The fraction of sp³-hybridized carbons (Fsp3) is 0.600. The van der Waals surface area contributed by atoms with E-state index in [0.717, 1.165) is 6.42 Å². The van der Waals surface area contributed by atoms with E-state index in [2.05, 4.69) is 26.3 Å². The highest BCUT2D eigenvalue weighted by Gasteiger charge is 2.22. The second kappa shape index (κ2) is 4.97. The molecule has 5 nitrogen and oxygen atoms in total. The lowest BCUT2D eigenvalue weighted by Gasteiger charge is -2.28. The van der Waals surface area contributed by atoms with Crippen molar-refractivity contribution in [3.8, 4) is 0 Å².